The number of nitrogens with zero attached hydrogens (tertiary/aromatic N) is 2. The molecule has 0 saturated carbocycles. The van der Waals surface area contributed by atoms with Crippen molar-refractivity contribution in [3.05, 3.63) is 28.7 Å². The zero-order chi connectivity index (χ0) is 9.14. The van der Waals surface area contributed by atoms with E-state index in [1.807, 2.05) is 0 Å². The van der Waals surface area contributed by atoms with E-state index in [0.717, 1.165) is 4.68 Å². The summed E-state index contributed by atoms with van der Waals surface area (Å²) in [6.45, 7) is 1.40. The van der Waals surface area contributed by atoms with Gasteiger partial charge in [0.2, 0.25) is 0 Å². The Morgan fingerprint density at radius 1 is 1.75 bits per heavy atom. The molecule has 0 radical (unpaired) electrons. The van der Waals surface area contributed by atoms with Crippen LogP contribution in [-0.4, -0.2) is 20.9 Å². The van der Waals surface area contributed by atoms with Crippen LogP contribution in [0.4, 0.5) is 0 Å². The van der Waals surface area contributed by atoms with E-state index < -0.39 is 17.6 Å². The Morgan fingerprint density at radius 3 is 2.92 bits per heavy atom. The van der Waals surface area contributed by atoms with Gasteiger partial charge in [0.05, 0.1) is 0 Å². The molecule has 12 heavy (non-hydrogen) atoms. The van der Waals surface area contributed by atoms with Gasteiger partial charge in [-0.2, -0.15) is 5.10 Å². The maximum absolute atomic E-state index is 11.0. The monoisotopic (exact) mass is 168 g/mol. The minimum Gasteiger partial charge on any atom is -0.480 e. The van der Waals surface area contributed by atoms with Crippen LogP contribution < -0.4 is 5.56 Å². The molecule has 0 amide bonds. The number of aliphatic carboxylic acids is 1. The topological polar surface area (TPSA) is 72.2 Å². The quantitative estimate of drug-likeness (QED) is 0.668. The average molecular weight is 168 g/mol. The average Bonchev–Trinajstić information content (AvgIpc) is 2.04. The Bertz CT molecular complexity index is 345. The fraction of sp³-hybridized carbons (Fsp3) is 0.286. The second-order valence-electron chi connectivity index (χ2n) is 2.32. The molecule has 0 aliphatic heterocycles. The maximum atomic E-state index is 11.0. The van der Waals surface area contributed by atoms with E-state index in [2.05, 4.69) is 5.10 Å². The molecule has 1 heterocycles. The lowest BCUT2D eigenvalue weighted by Crippen LogP contribution is -2.29. The van der Waals surface area contributed by atoms with Crippen molar-refractivity contribution in [2.75, 3.05) is 0 Å². The third-order valence-electron chi connectivity index (χ3n) is 1.47. The summed E-state index contributed by atoms with van der Waals surface area (Å²) in [5, 5.41) is 12.2. The van der Waals surface area contributed by atoms with Crippen molar-refractivity contribution < 1.29 is 9.90 Å². The summed E-state index contributed by atoms with van der Waals surface area (Å²) in [5.41, 5.74) is -0.410. The molecule has 1 unspecified atom stereocenters. The molecule has 64 valence electrons. The lowest BCUT2D eigenvalue weighted by molar-refractivity contribution is -0.140. The lowest BCUT2D eigenvalue weighted by Gasteiger charge is -2.06. The molecule has 0 aliphatic carbocycles. The first-order chi connectivity index (χ1) is 5.63. The Labute approximate surface area is 68.3 Å². The number of hydrogen-bond donors (Lipinski definition) is 1. The molecule has 0 bridgehead atoms. The highest BCUT2D eigenvalue weighted by molar-refractivity contribution is 5.71. The van der Waals surface area contributed by atoms with Crippen molar-refractivity contribution in [3.63, 3.8) is 0 Å². The van der Waals surface area contributed by atoms with Gasteiger partial charge in [0, 0.05) is 12.3 Å². The van der Waals surface area contributed by atoms with Crippen LogP contribution in [0.3, 0.4) is 0 Å². The smallest absolute Gasteiger partial charge is 0.328 e. The fourth-order valence-electron chi connectivity index (χ4n) is 0.764. The minimum absolute atomic E-state index is 0.410. The van der Waals surface area contributed by atoms with E-state index in [-0.39, 0.29) is 0 Å². The van der Waals surface area contributed by atoms with Crippen LogP contribution in [0.2, 0.25) is 0 Å². The molecule has 5 nitrogen and oxygen atoms in total. The van der Waals surface area contributed by atoms with Gasteiger partial charge in [-0.15, -0.1) is 0 Å². The van der Waals surface area contributed by atoms with Crippen LogP contribution in [0, 0.1) is 0 Å². The Balaban J connectivity index is 3.11. The molecule has 5 heteroatoms. The second kappa shape index (κ2) is 3.17. The summed E-state index contributed by atoms with van der Waals surface area (Å²) >= 11 is 0. The predicted octanol–water partition coefficient (Wildman–Crippen LogP) is -0.111. The fourth-order valence-corrected chi connectivity index (χ4v) is 0.764. The minimum atomic E-state index is -1.07. The third-order valence-corrected chi connectivity index (χ3v) is 1.47. The van der Waals surface area contributed by atoms with Crippen LogP contribution in [0.25, 0.3) is 0 Å². The van der Waals surface area contributed by atoms with Gasteiger partial charge in [0.1, 0.15) is 0 Å². The van der Waals surface area contributed by atoms with Gasteiger partial charge in [0.25, 0.3) is 5.56 Å². The molecule has 0 aromatic carbocycles. The summed E-state index contributed by atoms with van der Waals surface area (Å²) in [4.78, 5) is 21.5. The molecule has 0 saturated heterocycles. The van der Waals surface area contributed by atoms with Crippen molar-refractivity contribution in [2.24, 2.45) is 0 Å². The summed E-state index contributed by atoms with van der Waals surface area (Å²) in [7, 11) is 0. The largest absolute Gasteiger partial charge is 0.480 e. The summed E-state index contributed by atoms with van der Waals surface area (Å²) in [6.07, 6.45) is 1.38. The van der Waals surface area contributed by atoms with Gasteiger partial charge in [0.15, 0.2) is 6.04 Å². The van der Waals surface area contributed by atoms with Crippen LogP contribution in [0.5, 0.6) is 0 Å². The molecule has 1 aromatic heterocycles. The molecular weight excluding hydrogens is 160 g/mol. The zero-order valence-corrected chi connectivity index (χ0v) is 6.47. The molecule has 1 atom stereocenters. The first kappa shape index (κ1) is 8.45. The van der Waals surface area contributed by atoms with Gasteiger partial charge >= 0.3 is 5.97 Å². The highest BCUT2D eigenvalue weighted by Gasteiger charge is 2.14. The van der Waals surface area contributed by atoms with Crippen LogP contribution in [0.1, 0.15) is 13.0 Å². The number of carboxylic acids is 1. The van der Waals surface area contributed by atoms with Crippen molar-refractivity contribution in [1.29, 1.82) is 0 Å². The first-order valence-electron chi connectivity index (χ1n) is 3.39. The highest BCUT2D eigenvalue weighted by Crippen LogP contribution is 1.97. The van der Waals surface area contributed by atoms with Gasteiger partial charge in [-0.25, -0.2) is 9.48 Å². The van der Waals surface area contributed by atoms with E-state index in [9.17, 15) is 9.59 Å². The van der Waals surface area contributed by atoms with E-state index >= 15 is 0 Å². The molecule has 1 rings (SSSR count). The zero-order valence-electron chi connectivity index (χ0n) is 6.47. The van der Waals surface area contributed by atoms with E-state index in [0.29, 0.717) is 0 Å². The van der Waals surface area contributed by atoms with Crippen molar-refractivity contribution in [2.45, 2.75) is 13.0 Å². The molecule has 0 aliphatic rings. The summed E-state index contributed by atoms with van der Waals surface area (Å²) in [6, 6.07) is 1.82. The Morgan fingerprint density at radius 2 is 2.42 bits per heavy atom. The van der Waals surface area contributed by atoms with Gasteiger partial charge in [-0.1, -0.05) is 0 Å². The lowest BCUT2D eigenvalue weighted by atomic mass is 10.3. The summed E-state index contributed by atoms with van der Waals surface area (Å²) < 4.78 is 0.919. The number of carboxylic acid groups (broad SMARTS) is 1. The van der Waals surface area contributed by atoms with Crippen LogP contribution in [-0.2, 0) is 4.79 Å². The first-order valence-corrected chi connectivity index (χ1v) is 3.39. The standard InChI is InChI=1S/C7H8N2O3/c1-5(7(11)12)9-6(10)3-2-4-8-9/h2-5H,1H3,(H,11,12). The van der Waals surface area contributed by atoms with Crippen molar-refractivity contribution >= 4 is 5.97 Å². The van der Waals surface area contributed by atoms with E-state index in [1.165, 1.54) is 25.3 Å². The Hall–Kier alpha value is -1.65. The number of hydrogen-bond acceptors (Lipinski definition) is 3. The molecule has 0 spiro atoms. The number of carbonyl (C=O) groups is 1. The predicted molar refractivity (Wildman–Crippen MR) is 40.8 cm³/mol. The number of rotatable bonds is 2. The molecular formula is C7H8N2O3. The number of aromatic nitrogens is 2. The SMILES string of the molecule is CC(C(=O)O)n1ncccc1=O. The maximum Gasteiger partial charge on any atom is 0.328 e. The van der Waals surface area contributed by atoms with Crippen LogP contribution >= 0.6 is 0 Å². The van der Waals surface area contributed by atoms with Gasteiger partial charge in [-0.3, -0.25) is 4.79 Å². The van der Waals surface area contributed by atoms with Crippen LogP contribution in [0.15, 0.2) is 23.1 Å². The molecule has 1 N–H and O–H groups in total. The molecule has 0 fully saturated rings. The highest BCUT2D eigenvalue weighted by atomic mass is 16.4. The van der Waals surface area contributed by atoms with E-state index in [4.69, 9.17) is 5.11 Å². The normalized spacial score (nSPS) is 12.4. The summed E-state index contributed by atoms with van der Waals surface area (Å²) in [5.74, 6) is -1.07. The van der Waals surface area contributed by atoms with Gasteiger partial charge < -0.3 is 5.11 Å². The Kier molecular flexibility index (Phi) is 2.23. The van der Waals surface area contributed by atoms with Crippen molar-refractivity contribution in [3.8, 4) is 0 Å². The van der Waals surface area contributed by atoms with Gasteiger partial charge in [-0.05, 0) is 13.0 Å². The third kappa shape index (κ3) is 1.50. The molecule has 1 aromatic rings. The van der Waals surface area contributed by atoms with E-state index in [1.54, 1.807) is 0 Å². The van der Waals surface area contributed by atoms with Crippen molar-refractivity contribution in [1.82, 2.24) is 9.78 Å². The second-order valence-corrected chi connectivity index (χ2v) is 2.32.